The van der Waals surface area contributed by atoms with Gasteiger partial charge in [0.2, 0.25) is 0 Å². The average Bonchev–Trinajstić information content (AvgIpc) is 3.64. The second-order valence-electron chi connectivity index (χ2n) is 8.76. The molecular formula is C29H28N4O4. The fraction of sp³-hybridized carbons (Fsp3) is 0.207. The summed E-state index contributed by atoms with van der Waals surface area (Å²) in [5, 5.41) is 7.67. The lowest BCUT2D eigenvalue weighted by molar-refractivity contribution is -0.132. The molecule has 188 valence electrons. The van der Waals surface area contributed by atoms with Gasteiger partial charge in [-0.3, -0.25) is 9.59 Å². The van der Waals surface area contributed by atoms with E-state index in [1.54, 1.807) is 42.3 Å². The number of rotatable bonds is 8. The van der Waals surface area contributed by atoms with Crippen molar-refractivity contribution in [1.29, 1.82) is 0 Å². The Labute approximate surface area is 215 Å². The third-order valence-electron chi connectivity index (χ3n) is 6.26. The zero-order chi connectivity index (χ0) is 25.6. The number of ether oxygens (including phenoxy) is 2. The summed E-state index contributed by atoms with van der Waals surface area (Å²) < 4.78 is 12.7. The number of hydrogen-bond donors (Lipinski definition) is 1. The van der Waals surface area contributed by atoms with Crippen molar-refractivity contribution in [2.45, 2.75) is 12.8 Å². The maximum atomic E-state index is 13.4. The van der Waals surface area contributed by atoms with Crippen LogP contribution in [0.4, 0.5) is 5.69 Å². The van der Waals surface area contributed by atoms with Crippen molar-refractivity contribution in [3.8, 4) is 28.4 Å². The molecule has 4 aromatic rings. The molecule has 0 unspecified atom stereocenters. The first-order chi connectivity index (χ1) is 18.1. The van der Waals surface area contributed by atoms with E-state index in [0.29, 0.717) is 22.7 Å². The first-order valence-electron chi connectivity index (χ1n) is 12.2. The van der Waals surface area contributed by atoms with E-state index in [1.807, 2.05) is 59.5 Å². The fourth-order valence-corrected chi connectivity index (χ4v) is 4.28. The van der Waals surface area contributed by atoms with Gasteiger partial charge in [0.1, 0.15) is 17.2 Å². The third kappa shape index (κ3) is 5.64. The zero-order valence-corrected chi connectivity index (χ0v) is 20.6. The van der Waals surface area contributed by atoms with Crippen LogP contribution < -0.4 is 14.8 Å². The minimum atomic E-state index is -0.307. The Balaban J connectivity index is 1.37. The van der Waals surface area contributed by atoms with Crippen molar-refractivity contribution in [2.75, 3.05) is 32.1 Å². The summed E-state index contributed by atoms with van der Waals surface area (Å²) in [7, 11) is 1.61. The Kier molecular flexibility index (Phi) is 7.16. The fourth-order valence-electron chi connectivity index (χ4n) is 4.28. The summed E-state index contributed by atoms with van der Waals surface area (Å²) in [6.07, 6.45) is 3.79. The largest absolute Gasteiger partial charge is 0.497 e. The lowest BCUT2D eigenvalue weighted by atomic mass is 10.1. The van der Waals surface area contributed by atoms with E-state index in [1.165, 1.54) is 0 Å². The van der Waals surface area contributed by atoms with E-state index in [2.05, 4.69) is 5.32 Å². The number of benzene rings is 3. The van der Waals surface area contributed by atoms with E-state index in [4.69, 9.17) is 14.6 Å². The summed E-state index contributed by atoms with van der Waals surface area (Å²) in [4.78, 5) is 27.6. The zero-order valence-electron chi connectivity index (χ0n) is 20.6. The molecule has 1 aromatic heterocycles. The van der Waals surface area contributed by atoms with Crippen LogP contribution in [0.15, 0.2) is 85.1 Å². The van der Waals surface area contributed by atoms with Gasteiger partial charge in [-0.25, -0.2) is 4.68 Å². The summed E-state index contributed by atoms with van der Waals surface area (Å²) in [5.41, 5.74) is 3.16. The Hall–Kier alpha value is -4.59. The van der Waals surface area contributed by atoms with Crippen LogP contribution in [0.25, 0.3) is 16.9 Å². The van der Waals surface area contributed by atoms with Gasteiger partial charge < -0.3 is 19.7 Å². The molecular weight excluding hydrogens is 468 g/mol. The van der Waals surface area contributed by atoms with Gasteiger partial charge in [-0.1, -0.05) is 24.3 Å². The summed E-state index contributed by atoms with van der Waals surface area (Å²) >= 11 is 0. The van der Waals surface area contributed by atoms with Gasteiger partial charge >= 0.3 is 0 Å². The van der Waals surface area contributed by atoms with Crippen LogP contribution in [0.3, 0.4) is 0 Å². The SMILES string of the molecule is COc1ccc(-c2nn(-c3ccccc3)cc2C(=O)Nc2cccc(OCC(=O)N3CCCC3)c2)cc1. The maximum absolute atomic E-state index is 13.4. The molecule has 1 aliphatic rings. The molecule has 1 aliphatic heterocycles. The molecule has 0 spiro atoms. The van der Waals surface area contributed by atoms with Gasteiger partial charge in [-0.2, -0.15) is 5.10 Å². The predicted molar refractivity (Wildman–Crippen MR) is 141 cm³/mol. The predicted octanol–water partition coefficient (Wildman–Crippen LogP) is 4.80. The molecule has 1 saturated heterocycles. The van der Waals surface area contributed by atoms with Crippen molar-refractivity contribution in [1.82, 2.24) is 14.7 Å². The number of amides is 2. The Morgan fingerprint density at radius 1 is 0.919 bits per heavy atom. The van der Waals surface area contributed by atoms with Crippen LogP contribution in [0.5, 0.6) is 11.5 Å². The maximum Gasteiger partial charge on any atom is 0.260 e. The van der Waals surface area contributed by atoms with Crippen LogP contribution in [-0.4, -0.2) is 53.3 Å². The molecule has 1 fully saturated rings. The summed E-state index contributed by atoms with van der Waals surface area (Å²) in [6.45, 7) is 1.54. The molecule has 0 bridgehead atoms. The molecule has 0 saturated carbocycles. The van der Waals surface area contributed by atoms with Gasteiger partial charge in [-0.15, -0.1) is 0 Å². The number of anilines is 1. The number of hydrogen-bond acceptors (Lipinski definition) is 5. The van der Waals surface area contributed by atoms with Crippen molar-refractivity contribution in [2.24, 2.45) is 0 Å². The average molecular weight is 497 g/mol. The molecule has 2 amide bonds. The highest BCUT2D eigenvalue weighted by Gasteiger charge is 2.20. The number of nitrogens with one attached hydrogen (secondary N) is 1. The highest BCUT2D eigenvalue weighted by molar-refractivity contribution is 6.08. The van der Waals surface area contributed by atoms with Crippen molar-refractivity contribution in [3.05, 3.63) is 90.6 Å². The van der Waals surface area contributed by atoms with Crippen LogP contribution in [-0.2, 0) is 4.79 Å². The number of likely N-dealkylation sites (tertiary alicyclic amines) is 1. The van der Waals surface area contributed by atoms with E-state index >= 15 is 0 Å². The molecule has 2 heterocycles. The smallest absolute Gasteiger partial charge is 0.260 e. The molecule has 0 radical (unpaired) electrons. The van der Waals surface area contributed by atoms with Crippen LogP contribution >= 0.6 is 0 Å². The molecule has 8 heteroatoms. The standard InChI is InChI=1S/C29H28N4O4/c1-36-24-14-12-21(13-15-24)28-26(19-33(31-28)23-9-3-2-4-10-23)29(35)30-22-8-7-11-25(18-22)37-20-27(34)32-16-5-6-17-32/h2-4,7-15,18-19H,5-6,16-17,20H2,1H3,(H,30,35). The molecule has 8 nitrogen and oxygen atoms in total. The number of para-hydroxylation sites is 1. The first kappa shape index (κ1) is 24.1. The molecule has 1 N–H and O–H groups in total. The van der Waals surface area contributed by atoms with Crippen molar-refractivity contribution >= 4 is 17.5 Å². The van der Waals surface area contributed by atoms with Crippen LogP contribution in [0.1, 0.15) is 23.2 Å². The van der Waals surface area contributed by atoms with Crippen molar-refractivity contribution in [3.63, 3.8) is 0 Å². The van der Waals surface area contributed by atoms with E-state index in [0.717, 1.165) is 42.9 Å². The second-order valence-corrected chi connectivity index (χ2v) is 8.76. The van der Waals surface area contributed by atoms with Crippen LogP contribution in [0.2, 0.25) is 0 Å². The van der Waals surface area contributed by atoms with Gasteiger partial charge in [0, 0.05) is 36.6 Å². The minimum absolute atomic E-state index is 0.0237. The topological polar surface area (TPSA) is 85.7 Å². The molecule has 3 aromatic carbocycles. The normalized spacial score (nSPS) is 12.8. The number of carbonyl (C=O) groups excluding carboxylic acids is 2. The molecule has 0 aliphatic carbocycles. The number of methoxy groups -OCH3 is 1. The molecule has 5 rings (SSSR count). The van der Waals surface area contributed by atoms with Gasteiger partial charge in [-0.05, 0) is 61.4 Å². The Bertz CT molecular complexity index is 1380. The van der Waals surface area contributed by atoms with E-state index < -0.39 is 0 Å². The third-order valence-corrected chi connectivity index (χ3v) is 6.26. The first-order valence-corrected chi connectivity index (χ1v) is 12.2. The second kappa shape index (κ2) is 11.0. The number of nitrogens with zero attached hydrogens (tertiary/aromatic N) is 3. The van der Waals surface area contributed by atoms with Gasteiger partial charge in [0.15, 0.2) is 6.61 Å². The lowest BCUT2D eigenvalue weighted by Gasteiger charge is -2.15. The lowest BCUT2D eigenvalue weighted by Crippen LogP contribution is -2.32. The quantitative estimate of drug-likeness (QED) is 0.379. The monoisotopic (exact) mass is 496 g/mol. The minimum Gasteiger partial charge on any atom is -0.497 e. The van der Waals surface area contributed by atoms with E-state index in [9.17, 15) is 9.59 Å². The van der Waals surface area contributed by atoms with Gasteiger partial charge in [0.25, 0.3) is 11.8 Å². The van der Waals surface area contributed by atoms with Crippen molar-refractivity contribution < 1.29 is 19.1 Å². The Morgan fingerprint density at radius 2 is 1.68 bits per heavy atom. The summed E-state index contributed by atoms with van der Waals surface area (Å²) in [6, 6.07) is 24.1. The summed E-state index contributed by atoms with van der Waals surface area (Å²) in [5.74, 6) is 0.903. The number of aromatic nitrogens is 2. The van der Waals surface area contributed by atoms with E-state index in [-0.39, 0.29) is 18.4 Å². The van der Waals surface area contributed by atoms with Gasteiger partial charge in [0.05, 0.1) is 18.4 Å². The Morgan fingerprint density at radius 3 is 2.41 bits per heavy atom. The highest BCUT2D eigenvalue weighted by Crippen LogP contribution is 2.27. The molecule has 37 heavy (non-hydrogen) atoms. The van der Waals surface area contributed by atoms with Crippen LogP contribution in [0, 0.1) is 0 Å². The number of carbonyl (C=O) groups is 2. The highest BCUT2D eigenvalue weighted by atomic mass is 16.5. The molecule has 0 atom stereocenters.